The Bertz CT molecular complexity index is 540. The third-order valence-electron chi connectivity index (χ3n) is 3.46. The van der Waals surface area contributed by atoms with Crippen LogP contribution in [-0.4, -0.2) is 29.2 Å². The fourth-order valence-electron chi connectivity index (χ4n) is 2.30. The monoisotopic (exact) mass is 276 g/mol. The topological polar surface area (TPSA) is 59.0 Å². The molecule has 1 aromatic heterocycles. The van der Waals surface area contributed by atoms with Crippen LogP contribution in [0.1, 0.15) is 33.6 Å². The van der Waals surface area contributed by atoms with E-state index in [4.69, 9.17) is 0 Å². The number of hydrogen-bond donors (Lipinski definition) is 2. The quantitative estimate of drug-likeness (QED) is 0.822. The number of nitrogens with zero attached hydrogens (tertiary/aromatic N) is 2. The summed E-state index contributed by atoms with van der Waals surface area (Å²) in [6.07, 6.45) is 7.71. The Balaban J connectivity index is 2.00. The molecule has 20 heavy (non-hydrogen) atoms. The number of aromatic nitrogens is 2. The molecule has 0 saturated carbocycles. The summed E-state index contributed by atoms with van der Waals surface area (Å²) in [5.41, 5.74) is 1.16. The van der Waals surface area contributed by atoms with Crippen LogP contribution in [0.5, 0.6) is 0 Å². The first-order valence-corrected chi connectivity index (χ1v) is 7.19. The molecule has 0 aliphatic carbocycles. The molecule has 0 aromatic carbocycles. The van der Waals surface area contributed by atoms with Crippen LogP contribution in [0.4, 0.5) is 5.82 Å². The smallest absolute Gasteiger partial charge is 0.293 e. The first kappa shape index (κ1) is 14.8. The molecular formula is C15H24N4O. The fourth-order valence-corrected chi connectivity index (χ4v) is 2.30. The van der Waals surface area contributed by atoms with Gasteiger partial charge in [-0.05, 0) is 40.2 Å². The number of anilines is 1. The van der Waals surface area contributed by atoms with Gasteiger partial charge in [-0.25, -0.2) is 4.98 Å². The third kappa shape index (κ3) is 3.70. The van der Waals surface area contributed by atoms with Gasteiger partial charge < -0.3 is 15.2 Å². The predicted octanol–water partition coefficient (Wildman–Crippen LogP) is 1.72. The molecule has 0 fully saturated rings. The standard InChI is InChI=1S/C15H24N4O/c1-15(2,3)19-11-10-18-13(14(19)20)17-9-6-12-4-7-16-8-5-12/h4,10-11,16H,5-9H2,1-3H3,(H,17,18). The summed E-state index contributed by atoms with van der Waals surface area (Å²) in [6.45, 7) is 8.79. The summed E-state index contributed by atoms with van der Waals surface area (Å²) in [6, 6.07) is 0. The van der Waals surface area contributed by atoms with Crippen molar-refractivity contribution in [2.24, 2.45) is 0 Å². The average molecular weight is 276 g/mol. The molecule has 0 saturated heterocycles. The highest BCUT2D eigenvalue weighted by atomic mass is 16.1. The molecule has 0 atom stereocenters. The molecule has 0 spiro atoms. The molecule has 2 rings (SSSR count). The van der Waals surface area contributed by atoms with E-state index in [1.165, 1.54) is 5.57 Å². The fraction of sp³-hybridized carbons (Fsp3) is 0.600. The van der Waals surface area contributed by atoms with Crippen molar-refractivity contribution in [3.8, 4) is 0 Å². The zero-order valence-corrected chi connectivity index (χ0v) is 12.6. The maximum absolute atomic E-state index is 12.3. The zero-order chi connectivity index (χ0) is 14.6. The lowest BCUT2D eigenvalue weighted by atomic mass is 10.1. The van der Waals surface area contributed by atoms with E-state index in [9.17, 15) is 4.79 Å². The Morgan fingerprint density at radius 2 is 2.25 bits per heavy atom. The van der Waals surface area contributed by atoms with Crippen molar-refractivity contribution in [2.75, 3.05) is 25.0 Å². The van der Waals surface area contributed by atoms with E-state index in [2.05, 4.69) is 21.7 Å². The van der Waals surface area contributed by atoms with Gasteiger partial charge in [-0.3, -0.25) is 4.79 Å². The van der Waals surface area contributed by atoms with E-state index in [0.717, 1.165) is 32.5 Å². The molecule has 0 unspecified atom stereocenters. The summed E-state index contributed by atoms with van der Waals surface area (Å²) >= 11 is 0. The van der Waals surface area contributed by atoms with Crippen molar-refractivity contribution in [1.82, 2.24) is 14.9 Å². The highest BCUT2D eigenvalue weighted by molar-refractivity contribution is 5.31. The molecule has 2 N–H and O–H groups in total. The van der Waals surface area contributed by atoms with E-state index in [-0.39, 0.29) is 11.1 Å². The summed E-state index contributed by atoms with van der Waals surface area (Å²) in [5.74, 6) is 0.442. The van der Waals surface area contributed by atoms with Crippen molar-refractivity contribution in [3.63, 3.8) is 0 Å². The SMILES string of the molecule is CC(C)(C)n1ccnc(NCCC2=CCNCC2)c1=O. The number of nitrogens with one attached hydrogen (secondary N) is 2. The minimum absolute atomic E-state index is 0.0562. The van der Waals surface area contributed by atoms with Crippen LogP contribution in [0.15, 0.2) is 28.8 Å². The normalized spacial score (nSPS) is 15.8. The Morgan fingerprint density at radius 3 is 2.90 bits per heavy atom. The van der Waals surface area contributed by atoms with Crippen LogP contribution in [0, 0.1) is 0 Å². The van der Waals surface area contributed by atoms with Crippen molar-refractivity contribution in [2.45, 2.75) is 39.2 Å². The molecule has 0 amide bonds. The molecule has 1 aliphatic heterocycles. The van der Waals surface area contributed by atoms with Crippen molar-refractivity contribution >= 4 is 5.82 Å². The molecular weight excluding hydrogens is 252 g/mol. The second-order valence-corrected chi connectivity index (χ2v) is 6.12. The minimum Gasteiger partial charge on any atom is -0.365 e. The molecule has 2 heterocycles. The van der Waals surface area contributed by atoms with E-state index < -0.39 is 0 Å². The second-order valence-electron chi connectivity index (χ2n) is 6.12. The van der Waals surface area contributed by atoms with Crippen LogP contribution in [-0.2, 0) is 5.54 Å². The molecule has 5 nitrogen and oxygen atoms in total. The Kier molecular flexibility index (Phi) is 4.60. The first-order chi connectivity index (χ1) is 9.48. The van der Waals surface area contributed by atoms with Crippen LogP contribution in [0.2, 0.25) is 0 Å². The van der Waals surface area contributed by atoms with Crippen LogP contribution >= 0.6 is 0 Å². The molecule has 5 heteroatoms. The van der Waals surface area contributed by atoms with Gasteiger partial charge in [0.2, 0.25) is 0 Å². The lowest BCUT2D eigenvalue weighted by molar-refractivity contribution is 0.383. The Labute approximate surface area is 120 Å². The van der Waals surface area contributed by atoms with Gasteiger partial charge in [0.15, 0.2) is 5.82 Å². The zero-order valence-electron chi connectivity index (χ0n) is 12.6. The molecule has 1 aromatic rings. The van der Waals surface area contributed by atoms with Gasteiger partial charge in [0.25, 0.3) is 5.56 Å². The third-order valence-corrected chi connectivity index (χ3v) is 3.46. The van der Waals surface area contributed by atoms with E-state index in [1.54, 1.807) is 17.0 Å². The molecule has 0 radical (unpaired) electrons. The van der Waals surface area contributed by atoms with E-state index in [0.29, 0.717) is 5.82 Å². The van der Waals surface area contributed by atoms with Crippen molar-refractivity contribution in [1.29, 1.82) is 0 Å². The predicted molar refractivity (Wildman–Crippen MR) is 82.2 cm³/mol. The summed E-state index contributed by atoms with van der Waals surface area (Å²) < 4.78 is 1.71. The Hall–Kier alpha value is -1.62. The summed E-state index contributed by atoms with van der Waals surface area (Å²) in [7, 11) is 0. The minimum atomic E-state index is -0.228. The lowest BCUT2D eigenvalue weighted by Crippen LogP contribution is -2.35. The molecule has 0 bridgehead atoms. The first-order valence-electron chi connectivity index (χ1n) is 7.19. The number of hydrogen-bond acceptors (Lipinski definition) is 4. The lowest BCUT2D eigenvalue weighted by Gasteiger charge is -2.22. The van der Waals surface area contributed by atoms with Crippen molar-refractivity contribution in [3.05, 3.63) is 34.4 Å². The maximum Gasteiger partial charge on any atom is 0.293 e. The van der Waals surface area contributed by atoms with Gasteiger partial charge >= 0.3 is 0 Å². The summed E-state index contributed by atoms with van der Waals surface area (Å²) in [4.78, 5) is 16.5. The molecule has 1 aliphatic rings. The van der Waals surface area contributed by atoms with Crippen LogP contribution < -0.4 is 16.2 Å². The van der Waals surface area contributed by atoms with Gasteiger partial charge in [0.05, 0.1) is 0 Å². The highest BCUT2D eigenvalue weighted by Gasteiger charge is 2.16. The summed E-state index contributed by atoms with van der Waals surface area (Å²) in [5, 5.41) is 6.46. The van der Waals surface area contributed by atoms with Crippen LogP contribution in [0.3, 0.4) is 0 Å². The Morgan fingerprint density at radius 1 is 1.45 bits per heavy atom. The van der Waals surface area contributed by atoms with E-state index in [1.807, 2.05) is 20.8 Å². The van der Waals surface area contributed by atoms with Crippen LogP contribution in [0.25, 0.3) is 0 Å². The van der Waals surface area contributed by atoms with Gasteiger partial charge in [0, 0.05) is 31.0 Å². The van der Waals surface area contributed by atoms with Gasteiger partial charge in [-0.2, -0.15) is 0 Å². The van der Waals surface area contributed by atoms with Crippen molar-refractivity contribution < 1.29 is 0 Å². The van der Waals surface area contributed by atoms with Gasteiger partial charge in [0.1, 0.15) is 0 Å². The van der Waals surface area contributed by atoms with E-state index >= 15 is 0 Å². The van der Waals surface area contributed by atoms with Gasteiger partial charge in [-0.1, -0.05) is 11.6 Å². The average Bonchev–Trinajstić information content (AvgIpc) is 2.40. The van der Waals surface area contributed by atoms with Gasteiger partial charge in [-0.15, -0.1) is 0 Å². The highest BCUT2D eigenvalue weighted by Crippen LogP contribution is 2.12. The second kappa shape index (κ2) is 6.22. The maximum atomic E-state index is 12.3. The number of rotatable bonds is 4. The largest absolute Gasteiger partial charge is 0.365 e. The molecule has 110 valence electrons.